The molecule has 0 radical (unpaired) electrons. The number of hydrogen-bond acceptors (Lipinski definition) is 12. The number of anilines is 5. The predicted octanol–water partition coefficient (Wildman–Crippen LogP) is 5.73. The quantitative estimate of drug-likeness (QED) is 0.160. The summed E-state index contributed by atoms with van der Waals surface area (Å²) in [6, 6.07) is 14.1. The van der Waals surface area contributed by atoms with E-state index in [1.54, 1.807) is 48.6 Å². The smallest absolute Gasteiger partial charge is 0.276 e. The van der Waals surface area contributed by atoms with Gasteiger partial charge in [-0.15, -0.1) is 0 Å². The molecule has 1 spiro atoms. The predicted molar refractivity (Wildman–Crippen MR) is 263 cm³/mol. The number of carbonyl (C=O) groups is 5. The number of piperidine rings is 2. The topological polar surface area (TPSA) is 195 Å². The van der Waals surface area contributed by atoms with Gasteiger partial charge in [-0.3, -0.25) is 43.9 Å². The van der Waals surface area contributed by atoms with Gasteiger partial charge >= 0.3 is 0 Å². The number of aliphatic hydroxyl groups is 1. The average molecular weight is 947 g/mol. The van der Waals surface area contributed by atoms with Crippen molar-refractivity contribution in [2.75, 3.05) is 46.2 Å². The van der Waals surface area contributed by atoms with Crippen LogP contribution in [0.1, 0.15) is 114 Å². The highest BCUT2D eigenvalue weighted by molar-refractivity contribution is 6.23. The molecule has 5 amide bonds. The van der Waals surface area contributed by atoms with E-state index in [1.807, 2.05) is 30.5 Å². The number of aliphatic hydroxyl groups excluding tert-OH is 1. The molecule has 17 heteroatoms. The fourth-order valence-electron chi connectivity index (χ4n) is 12.4. The van der Waals surface area contributed by atoms with Crippen LogP contribution in [-0.2, 0) is 42.6 Å². The number of carbonyl (C=O) groups excluding carboxylic acids is 5. The summed E-state index contributed by atoms with van der Waals surface area (Å²) >= 11 is 0. The molecule has 17 nitrogen and oxygen atoms in total. The largest absolute Gasteiger partial charge is 0.392 e. The Bertz CT molecular complexity index is 3090. The standard InChI is InChI=1S/C53H58N10O7/c1-31-25-53(13-5-17-59(18-14-53)34-6-8-37-38(24-34)49(68)63(48(37)67)41-9-11-45(65)57-47(41)66)15-19-60(31)35-7-10-44(55-28-35)56-40-22-33(29-58(4)50(40)69)36-12-16-54-46(39(36)30-64)62-21-20-61-42(51(62)70)23-32-26-52(2,3)27-43(32)61/h6-8,10,12,16,22-24,28-29,31,41,64H,5,9,11,13-15,17-21,25-27,30H2,1-4H3,(H,55,56)(H,57,65,66)/t31-,41?,53+/m0/s1. The minimum absolute atomic E-state index is 0.0773. The molecular weight excluding hydrogens is 889 g/mol. The van der Waals surface area contributed by atoms with E-state index < -0.39 is 29.7 Å². The van der Waals surface area contributed by atoms with E-state index in [2.05, 4.69) is 50.8 Å². The highest BCUT2D eigenvalue weighted by Crippen LogP contribution is 2.46. The van der Waals surface area contributed by atoms with Gasteiger partial charge in [0.25, 0.3) is 23.3 Å². The normalized spacial score (nSPS) is 23.1. The molecule has 0 bridgehead atoms. The van der Waals surface area contributed by atoms with Crippen LogP contribution in [0.5, 0.6) is 0 Å². The molecule has 4 aromatic heterocycles. The highest BCUT2D eigenvalue weighted by atomic mass is 16.3. The average Bonchev–Trinajstić information content (AvgIpc) is 3.85. The molecule has 1 unspecified atom stereocenters. The van der Waals surface area contributed by atoms with E-state index in [9.17, 15) is 33.9 Å². The van der Waals surface area contributed by atoms with E-state index in [4.69, 9.17) is 4.98 Å². The number of imide groups is 2. The summed E-state index contributed by atoms with van der Waals surface area (Å²) in [6.07, 6.45) is 12.4. The van der Waals surface area contributed by atoms with Crippen molar-refractivity contribution in [2.45, 2.75) is 104 Å². The molecule has 5 aromatic rings. The molecule has 3 N–H and O–H groups in total. The number of nitrogens with one attached hydrogen (secondary N) is 2. The molecule has 3 fully saturated rings. The fourth-order valence-corrected chi connectivity index (χ4v) is 12.4. The van der Waals surface area contributed by atoms with Crippen molar-refractivity contribution < 1.29 is 29.1 Å². The van der Waals surface area contributed by atoms with Gasteiger partial charge < -0.3 is 29.4 Å². The Kier molecular flexibility index (Phi) is 11.0. The van der Waals surface area contributed by atoms with Crippen molar-refractivity contribution in [2.24, 2.45) is 17.9 Å². The first kappa shape index (κ1) is 45.3. The van der Waals surface area contributed by atoms with Crippen molar-refractivity contribution in [1.29, 1.82) is 0 Å². The van der Waals surface area contributed by atoms with Crippen molar-refractivity contribution in [3.8, 4) is 11.1 Å². The lowest BCUT2D eigenvalue weighted by atomic mass is 9.70. The molecule has 70 heavy (non-hydrogen) atoms. The molecule has 1 aliphatic carbocycles. The molecular formula is C53H58N10O7. The Labute approximate surface area is 405 Å². The summed E-state index contributed by atoms with van der Waals surface area (Å²) in [5, 5.41) is 16.3. The number of aryl methyl sites for hydroxylation is 1. The second-order valence-electron chi connectivity index (χ2n) is 21.0. The van der Waals surface area contributed by atoms with Gasteiger partial charge in [-0.1, -0.05) is 13.8 Å². The molecule has 1 aromatic carbocycles. The lowest BCUT2D eigenvalue weighted by Gasteiger charge is -2.46. The van der Waals surface area contributed by atoms with Crippen LogP contribution >= 0.6 is 0 Å². The summed E-state index contributed by atoms with van der Waals surface area (Å²) < 4.78 is 3.66. The maximum absolute atomic E-state index is 14.0. The monoisotopic (exact) mass is 946 g/mol. The van der Waals surface area contributed by atoms with Crippen molar-refractivity contribution in [3.63, 3.8) is 0 Å². The first-order chi connectivity index (χ1) is 33.6. The number of pyridine rings is 3. The Morgan fingerprint density at radius 1 is 0.829 bits per heavy atom. The van der Waals surface area contributed by atoms with Gasteiger partial charge in [-0.05, 0) is 129 Å². The van der Waals surface area contributed by atoms with E-state index >= 15 is 0 Å². The van der Waals surface area contributed by atoms with E-state index in [-0.39, 0.29) is 53.4 Å². The maximum atomic E-state index is 14.0. The van der Waals surface area contributed by atoms with Crippen molar-refractivity contribution in [3.05, 3.63) is 111 Å². The third-order valence-electron chi connectivity index (χ3n) is 15.9. The first-order valence-electron chi connectivity index (χ1n) is 24.5. The zero-order chi connectivity index (χ0) is 48.8. The zero-order valence-electron chi connectivity index (χ0n) is 40.1. The lowest BCUT2D eigenvalue weighted by molar-refractivity contribution is -0.136. The zero-order valence-corrected chi connectivity index (χ0v) is 40.1. The van der Waals surface area contributed by atoms with Crippen LogP contribution in [-0.4, -0.2) is 96.9 Å². The third kappa shape index (κ3) is 7.74. The molecule has 5 aliphatic heterocycles. The Balaban J connectivity index is 0.745. The summed E-state index contributed by atoms with van der Waals surface area (Å²) in [6.45, 7) is 10.00. The van der Waals surface area contributed by atoms with Crippen LogP contribution in [0.15, 0.2) is 71.9 Å². The Hall–Kier alpha value is -7.14. The number of fused-ring (bicyclic) bond motifs is 4. The maximum Gasteiger partial charge on any atom is 0.276 e. The van der Waals surface area contributed by atoms with Gasteiger partial charge in [0.05, 0.1) is 29.6 Å². The summed E-state index contributed by atoms with van der Waals surface area (Å²) in [7, 11) is 1.69. The third-order valence-corrected chi connectivity index (χ3v) is 15.9. The van der Waals surface area contributed by atoms with Crippen molar-refractivity contribution in [1.82, 2.24) is 29.3 Å². The number of nitrogens with zero attached hydrogens (tertiary/aromatic N) is 8. The van der Waals surface area contributed by atoms with E-state index in [1.165, 1.54) is 15.8 Å². The van der Waals surface area contributed by atoms with E-state index in [0.717, 1.165) is 80.9 Å². The van der Waals surface area contributed by atoms with Crippen LogP contribution in [0.2, 0.25) is 0 Å². The minimum atomic E-state index is -0.996. The van der Waals surface area contributed by atoms with Crippen LogP contribution in [0.3, 0.4) is 0 Å². The van der Waals surface area contributed by atoms with Gasteiger partial charge in [0.1, 0.15) is 29.1 Å². The van der Waals surface area contributed by atoms with Gasteiger partial charge in [0.2, 0.25) is 11.8 Å². The second-order valence-corrected chi connectivity index (χ2v) is 21.0. The summed E-state index contributed by atoms with van der Waals surface area (Å²) in [5.74, 6) is -1.23. The molecule has 6 aliphatic rings. The van der Waals surface area contributed by atoms with Crippen LogP contribution in [0, 0.1) is 10.8 Å². The summed E-state index contributed by atoms with van der Waals surface area (Å²) in [5.41, 5.74) is 7.84. The minimum Gasteiger partial charge on any atom is -0.392 e. The number of hydrogen-bond donors (Lipinski definition) is 3. The highest BCUT2D eigenvalue weighted by Gasteiger charge is 2.46. The molecule has 0 saturated carbocycles. The van der Waals surface area contributed by atoms with Gasteiger partial charge in [0.15, 0.2) is 0 Å². The lowest BCUT2D eigenvalue weighted by Crippen LogP contribution is -2.54. The molecule has 11 rings (SSSR count). The molecule has 9 heterocycles. The SMILES string of the molecule is C[C@H]1C[C@@]2(CCCN(c3ccc4c(c3)C(=O)N(C3CCC(=O)NC3=O)C4=O)CC2)CCN1c1ccc(Nc2cc(-c3ccnc(N4CCn5c(cc6c5CC(C)(C)C6)C4=O)c3CO)cn(C)c2=O)nc1. The van der Waals surface area contributed by atoms with Gasteiger partial charge in [-0.25, -0.2) is 9.97 Å². The van der Waals surface area contributed by atoms with Crippen LogP contribution in [0.25, 0.3) is 11.1 Å². The fraction of sp³-hybridized carbons (Fsp3) is 0.434. The number of aromatic nitrogens is 4. The Morgan fingerprint density at radius 2 is 1.63 bits per heavy atom. The van der Waals surface area contributed by atoms with E-state index in [0.29, 0.717) is 58.4 Å². The van der Waals surface area contributed by atoms with Crippen LogP contribution < -0.4 is 30.9 Å². The molecule has 3 saturated heterocycles. The van der Waals surface area contributed by atoms with Crippen LogP contribution in [0.4, 0.5) is 28.7 Å². The number of benzene rings is 1. The first-order valence-corrected chi connectivity index (χ1v) is 24.5. The molecule has 3 atom stereocenters. The van der Waals surface area contributed by atoms with Crippen molar-refractivity contribution >= 4 is 58.2 Å². The summed E-state index contributed by atoms with van der Waals surface area (Å²) in [4.78, 5) is 95.6. The number of rotatable bonds is 8. The second kappa shape index (κ2) is 17.1. The number of amides is 5. The van der Waals surface area contributed by atoms with Gasteiger partial charge in [-0.2, -0.15) is 0 Å². The Morgan fingerprint density at radius 3 is 2.40 bits per heavy atom. The van der Waals surface area contributed by atoms with Gasteiger partial charge in [0, 0.05) is 87.1 Å². The molecule has 362 valence electrons.